The van der Waals surface area contributed by atoms with Crippen LogP contribution in [-0.4, -0.2) is 35.4 Å². The van der Waals surface area contributed by atoms with Gasteiger partial charge < -0.3 is 10.2 Å². The molecule has 1 N–H and O–H groups in total. The van der Waals surface area contributed by atoms with Gasteiger partial charge in [0.2, 0.25) is 0 Å². The molecule has 98 valence electrons. The highest BCUT2D eigenvalue weighted by atomic mass is 15.3. The minimum Gasteiger partial charge on any atom is -0.354 e. The average molecular weight is 246 g/mol. The Morgan fingerprint density at radius 2 is 1.94 bits per heavy atom. The number of piperidine rings is 1. The summed E-state index contributed by atoms with van der Waals surface area (Å²) in [5.74, 6) is 1.02. The van der Waals surface area contributed by atoms with Gasteiger partial charge in [0.25, 0.3) is 0 Å². The van der Waals surface area contributed by atoms with Crippen LogP contribution >= 0.6 is 0 Å². The minimum atomic E-state index is 0.629. The van der Waals surface area contributed by atoms with Crippen molar-refractivity contribution in [3.63, 3.8) is 0 Å². The van der Waals surface area contributed by atoms with Gasteiger partial charge in [0, 0.05) is 31.4 Å². The zero-order chi connectivity index (χ0) is 12.2. The lowest BCUT2D eigenvalue weighted by molar-refractivity contribution is 0.373. The smallest absolute Gasteiger partial charge is 0.151 e. The molecule has 2 fully saturated rings. The van der Waals surface area contributed by atoms with Crippen molar-refractivity contribution in [1.82, 2.24) is 15.5 Å². The highest BCUT2D eigenvalue weighted by Crippen LogP contribution is 2.21. The molecule has 0 bridgehead atoms. The predicted octanol–water partition coefficient (Wildman–Crippen LogP) is 1.98. The zero-order valence-corrected chi connectivity index (χ0v) is 10.9. The number of nitrogens with one attached hydrogen (secondary N) is 1. The maximum Gasteiger partial charge on any atom is 0.151 e. The summed E-state index contributed by atoms with van der Waals surface area (Å²) in [6, 6.07) is 5.42. The Hall–Kier alpha value is -1.16. The van der Waals surface area contributed by atoms with E-state index in [0.717, 1.165) is 24.9 Å². The Kier molecular flexibility index (Phi) is 3.74. The predicted molar refractivity (Wildman–Crippen MR) is 72.7 cm³/mol. The molecule has 1 atom stereocenters. The molecule has 2 aliphatic rings. The van der Waals surface area contributed by atoms with Gasteiger partial charge in [-0.15, -0.1) is 5.10 Å². The SMILES string of the molecule is c1cnnc(N2CCC[C@@H](NC3CCCC3)C2)c1. The summed E-state index contributed by atoms with van der Waals surface area (Å²) >= 11 is 0. The van der Waals surface area contributed by atoms with Crippen molar-refractivity contribution in [2.75, 3.05) is 18.0 Å². The van der Waals surface area contributed by atoms with Crippen LogP contribution in [0.2, 0.25) is 0 Å². The van der Waals surface area contributed by atoms with E-state index in [1.54, 1.807) is 6.20 Å². The molecule has 0 amide bonds. The summed E-state index contributed by atoms with van der Waals surface area (Å²) in [6.07, 6.45) is 9.82. The Labute approximate surface area is 109 Å². The van der Waals surface area contributed by atoms with Gasteiger partial charge in [-0.3, -0.25) is 0 Å². The zero-order valence-electron chi connectivity index (χ0n) is 10.9. The highest BCUT2D eigenvalue weighted by molar-refractivity contribution is 5.37. The van der Waals surface area contributed by atoms with Crippen molar-refractivity contribution < 1.29 is 0 Å². The molecule has 1 saturated heterocycles. The molecule has 1 saturated carbocycles. The van der Waals surface area contributed by atoms with E-state index in [4.69, 9.17) is 0 Å². The van der Waals surface area contributed by atoms with Crippen molar-refractivity contribution in [2.45, 2.75) is 50.6 Å². The Morgan fingerprint density at radius 3 is 2.72 bits per heavy atom. The number of hydrogen-bond donors (Lipinski definition) is 1. The Balaban J connectivity index is 1.58. The molecule has 1 aromatic rings. The maximum atomic E-state index is 4.22. The normalized spacial score (nSPS) is 25.6. The molecule has 1 aliphatic heterocycles. The van der Waals surface area contributed by atoms with E-state index in [1.807, 2.05) is 6.07 Å². The first-order valence-electron chi connectivity index (χ1n) is 7.20. The minimum absolute atomic E-state index is 0.629. The standard InChI is InChI=1S/C14H22N4/c1-2-6-12(5-1)16-13-7-4-10-18(11-13)14-8-3-9-15-17-14/h3,8-9,12-13,16H,1-2,4-7,10-11H2/t13-/m1/s1. The summed E-state index contributed by atoms with van der Waals surface area (Å²) in [5, 5.41) is 12.0. The number of aromatic nitrogens is 2. The molecule has 1 aliphatic carbocycles. The average Bonchev–Trinajstić information content (AvgIpc) is 2.93. The molecule has 4 nitrogen and oxygen atoms in total. The summed E-state index contributed by atoms with van der Waals surface area (Å²) in [6.45, 7) is 2.19. The first-order valence-corrected chi connectivity index (χ1v) is 7.20. The van der Waals surface area contributed by atoms with Crippen LogP contribution in [0.4, 0.5) is 5.82 Å². The van der Waals surface area contributed by atoms with Crippen LogP contribution in [0.25, 0.3) is 0 Å². The maximum absolute atomic E-state index is 4.22. The summed E-state index contributed by atoms with van der Waals surface area (Å²) in [5.41, 5.74) is 0. The second kappa shape index (κ2) is 5.65. The lowest BCUT2D eigenvalue weighted by Crippen LogP contribution is -2.48. The van der Waals surface area contributed by atoms with Crippen LogP contribution in [-0.2, 0) is 0 Å². The van der Waals surface area contributed by atoms with Crippen molar-refractivity contribution in [1.29, 1.82) is 0 Å². The van der Waals surface area contributed by atoms with Crippen LogP contribution in [0.3, 0.4) is 0 Å². The van der Waals surface area contributed by atoms with E-state index in [2.05, 4.69) is 26.5 Å². The van der Waals surface area contributed by atoms with Crippen molar-refractivity contribution in [2.24, 2.45) is 0 Å². The fourth-order valence-electron chi connectivity index (χ4n) is 3.21. The second-order valence-corrected chi connectivity index (χ2v) is 5.52. The van der Waals surface area contributed by atoms with Crippen molar-refractivity contribution in [3.05, 3.63) is 18.3 Å². The van der Waals surface area contributed by atoms with E-state index in [1.165, 1.54) is 38.5 Å². The monoisotopic (exact) mass is 246 g/mol. The van der Waals surface area contributed by atoms with Crippen LogP contribution < -0.4 is 10.2 Å². The lowest BCUT2D eigenvalue weighted by atomic mass is 10.0. The van der Waals surface area contributed by atoms with Crippen molar-refractivity contribution in [3.8, 4) is 0 Å². The highest BCUT2D eigenvalue weighted by Gasteiger charge is 2.24. The van der Waals surface area contributed by atoms with Gasteiger partial charge >= 0.3 is 0 Å². The van der Waals surface area contributed by atoms with Gasteiger partial charge in [-0.05, 0) is 37.8 Å². The van der Waals surface area contributed by atoms with E-state index in [9.17, 15) is 0 Å². The first-order chi connectivity index (χ1) is 8.92. The molecule has 18 heavy (non-hydrogen) atoms. The summed E-state index contributed by atoms with van der Waals surface area (Å²) in [7, 11) is 0. The number of anilines is 1. The molecule has 2 heterocycles. The number of nitrogens with zero attached hydrogens (tertiary/aromatic N) is 3. The third kappa shape index (κ3) is 2.80. The van der Waals surface area contributed by atoms with E-state index < -0.39 is 0 Å². The molecule has 1 aromatic heterocycles. The molecule has 0 radical (unpaired) electrons. The first kappa shape index (κ1) is 11.9. The summed E-state index contributed by atoms with van der Waals surface area (Å²) in [4.78, 5) is 2.36. The lowest BCUT2D eigenvalue weighted by Gasteiger charge is -2.35. The van der Waals surface area contributed by atoms with Gasteiger partial charge in [-0.2, -0.15) is 5.10 Å². The Morgan fingerprint density at radius 1 is 1.11 bits per heavy atom. The van der Waals surface area contributed by atoms with Gasteiger partial charge in [0.1, 0.15) is 0 Å². The largest absolute Gasteiger partial charge is 0.354 e. The Bertz CT molecular complexity index is 361. The molecule has 4 heteroatoms. The quantitative estimate of drug-likeness (QED) is 0.885. The molecule has 3 rings (SSSR count). The topological polar surface area (TPSA) is 41.1 Å². The van der Waals surface area contributed by atoms with Crippen LogP contribution in [0.5, 0.6) is 0 Å². The van der Waals surface area contributed by atoms with E-state index in [0.29, 0.717) is 6.04 Å². The molecule has 0 unspecified atom stereocenters. The molecule has 0 spiro atoms. The van der Waals surface area contributed by atoms with Crippen LogP contribution in [0.1, 0.15) is 38.5 Å². The van der Waals surface area contributed by atoms with Gasteiger partial charge in [0.05, 0.1) is 0 Å². The third-order valence-corrected chi connectivity index (χ3v) is 4.13. The summed E-state index contributed by atoms with van der Waals surface area (Å²) < 4.78 is 0. The van der Waals surface area contributed by atoms with Crippen LogP contribution in [0, 0.1) is 0 Å². The molecule has 0 aromatic carbocycles. The van der Waals surface area contributed by atoms with E-state index in [-0.39, 0.29) is 0 Å². The second-order valence-electron chi connectivity index (χ2n) is 5.52. The van der Waals surface area contributed by atoms with Gasteiger partial charge in [-0.1, -0.05) is 12.8 Å². The third-order valence-electron chi connectivity index (χ3n) is 4.13. The molecular weight excluding hydrogens is 224 g/mol. The van der Waals surface area contributed by atoms with Gasteiger partial charge in [0.15, 0.2) is 5.82 Å². The fraction of sp³-hybridized carbons (Fsp3) is 0.714. The number of rotatable bonds is 3. The fourth-order valence-corrected chi connectivity index (χ4v) is 3.21. The van der Waals surface area contributed by atoms with Crippen molar-refractivity contribution >= 4 is 5.82 Å². The van der Waals surface area contributed by atoms with Gasteiger partial charge in [-0.25, -0.2) is 0 Å². The van der Waals surface area contributed by atoms with Crippen LogP contribution in [0.15, 0.2) is 18.3 Å². The van der Waals surface area contributed by atoms with E-state index >= 15 is 0 Å². The molecular formula is C14H22N4. The number of hydrogen-bond acceptors (Lipinski definition) is 4.